The molecule has 1 amide bonds. The maximum Gasteiger partial charge on any atom is 0.309 e. The molecule has 1 aliphatic rings. The number of aromatic nitrogens is 1. The summed E-state index contributed by atoms with van der Waals surface area (Å²) >= 11 is 1.38. The highest BCUT2D eigenvalue weighted by Gasteiger charge is 2.29. The number of nitrogens with zero attached hydrogens (tertiary/aromatic N) is 2. The largest absolute Gasteiger partial charge is 0.497 e. The van der Waals surface area contributed by atoms with E-state index >= 15 is 0 Å². The van der Waals surface area contributed by atoms with Gasteiger partial charge in [0, 0.05) is 24.2 Å². The van der Waals surface area contributed by atoms with Crippen LogP contribution in [0.25, 0.3) is 0 Å². The van der Waals surface area contributed by atoms with Gasteiger partial charge < -0.3 is 19.7 Å². The highest BCUT2D eigenvalue weighted by Crippen LogP contribution is 2.25. The van der Waals surface area contributed by atoms with Crippen molar-refractivity contribution in [1.29, 1.82) is 0 Å². The Bertz CT molecular complexity index is 783. The number of nitrogens with one attached hydrogen (secondary N) is 1. The Morgan fingerprint density at radius 3 is 2.59 bits per heavy atom. The summed E-state index contributed by atoms with van der Waals surface area (Å²) in [7, 11) is 1.62. The fraction of sp³-hybridized carbons (Fsp3) is 0.421. The number of likely N-dealkylation sites (tertiary alicyclic amines) is 1. The summed E-state index contributed by atoms with van der Waals surface area (Å²) < 4.78 is 10.2. The molecular formula is C19H23N3O4S. The average Bonchev–Trinajstić information content (AvgIpc) is 3.17. The number of anilines is 2. The molecule has 144 valence electrons. The Balaban J connectivity index is 1.56. The van der Waals surface area contributed by atoms with Gasteiger partial charge in [-0.05, 0) is 44.0 Å². The van der Waals surface area contributed by atoms with Gasteiger partial charge in [0.25, 0.3) is 5.91 Å². The number of ether oxygens (including phenoxy) is 2. The van der Waals surface area contributed by atoms with Crippen molar-refractivity contribution < 1.29 is 19.1 Å². The molecule has 2 aromatic rings. The first kappa shape index (κ1) is 19.2. The minimum Gasteiger partial charge on any atom is -0.497 e. The summed E-state index contributed by atoms with van der Waals surface area (Å²) in [6, 6.07) is 7.50. The molecule has 1 N–H and O–H groups in total. The van der Waals surface area contributed by atoms with Crippen molar-refractivity contribution in [2.45, 2.75) is 19.8 Å². The summed E-state index contributed by atoms with van der Waals surface area (Å²) in [5.41, 5.74) is 1.30. The lowest BCUT2D eigenvalue weighted by Gasteiger charge is -2.30. The van der Waals surface area contributed by atoms with Crippen LogP contribution in [0.3, 0.4) is 0 Å². The van der Waals surface area contributed by atoms with E-state index in [1.807, 2.05) is 24.3 Å². The molecule has 0 radical (unpaired) electrons. The van der Waals surface area contributed by atoms with Crippen molar-refractivity contribution in [2.75, 3.05) is 32.1 Å². The van der Waals surface area contributed by atoms with E-state index in [0.29, 0.717) is 43.4 Å². The van der Waals surface area contributed by atoms with Crippen LogP contribution in [0.4, 0.5) is 10.8 Å². The van der Waals surface area contributed by atoms with E-state index in [-0.39, 0.29) is 17.8 Å². The number of rotatable bonds is 6. The maximum atomic E-state index is 12.7. The van der Waals surface area contributed by atoms with Crippen LogP contribution in [-0.2, 0) is 9.53 Å². The normalized spacial score (nSPS) is 14.7. The average molecular weight is 389 g/mol. The van der Waals surface area contributed by atoms with Crippen molar-refractivity contribution in [3.8, 4) is 5.75 Å². The number of benzene rings is 1. The second-order valence-corrected chi connectivity index (χ2v) is 7.07. The predicted octanol–water partition coefficient (Wildman–Crippen LogP) is 3.31. The van der Waals surface area contributed by atoms with Crippen LogP contribution in [-0.4, -0.2) is 48.6 Å². The molecule has 0 atom stereocenters. The van der Waals surface area contributed by atoms with E-state index in [4.69, 9.17) is 9.47 Å². The third kappa shape index (κ3) is 4.77. The number of carbonyl (C=O) groups excluding carboxylic acids is 2. The molecular weight excluding hydrogens is 366 g/mol. The van der Waals surface area contributed by atoms with Gasteiger partial charge in [-0.2, -0.15) is 0 Å². The number of esters is 1. The van der Waals surface area contributed by atoms with Crippen LogP contribution in [0.15, 0.2) is 29.6 Å². The minimum absolute atomic E-state index is 0.101. The molecule has 0 bridgehead atoms. The van der Waals surface area contributed by atoms with Crippen molar-refractivity contribution >= 4 is 34.0 Å². The lowest BCUT2D eigenvalue weighted by Crippen LogP contribution is -2.40. The number of carbonyl (C=O) groups is 2. The van der Waals surface area contributed by atoms with Crippen molar-refractivity contribution in [3.63, 3.8) is 0 Å². The van der Waals surface area contributed by atoms with Crippen molar-refractivity contribution in [3.05, 3.63) is 35.3 Å². The zero-order chi connectivity index (χ0) is 19.2. The van der Waals surface area contributed by atoms with E-state index in [9.17, 15) is 9.59 Å². The topological polar surface area (TPSA) is 80.8 Å². The highest BCUT2D eigenvalue weighted by molar-refractivity contribution is 7.14. The summed E-state index contributed by atoms with van der Waals surface area (Å²) in [6.07, 6.45) is 1.26. The Hall–Kier alpha value is -2.61. The number of thiazole rings is 1. The molecule has 1 aliphatic heterocycles. The second kappa shape index (κ2) is 8.85. The van der Waals surface area contributed by atoms with E-state index in [1.54, 1.807) is 24.3 Å². The summed E-state index contributed by atoms with van der Waals surface area (Å²) in [6.45, 7) is 3.28. The van der Waals surface area contributed by atoms with Gasteiger partial charge in [0.15, 0.2) is 5.13 Å². The van der Waals surface area contributed by atoms with Crippen LogP contribution in [0.2, 0.25) is 0 Å². The molecule has 27 heavy (non-hydrogen) atoms. The summed E-state index contributed by atoms with van der Waals surface area (Å²) in [5, 5.41) is 5.60. The molecule has 7 nitrogen and oxygen atoms in total. The standard InChI is InChI=1S/C19H23N3O4S/c1-3-26-18(24)13-8-10-22(11-9-13)17(23)16-12-27-19(21-16)20-14-4-6-15(25-2)7-5-14/h4-7,12-13H,3,8-11H2,1-2H3,(H,20,21). The molecule has 3 rings (SSSR count). The van der Waals surface area contributed by atoms with Crippen molar-refractivity contribution in [2.24, 2.45) is 5.92 Å². The third-order valence-corrected chi connectivity index (χ3v) is 5.22. The number of piperidine rings is 1. The highest BCUT2D eigenvalue weighted by atomic mass is 32.1. The van der Waals surface area contributed by atoms with Gasteiger partial charge in [0.2, 0.25) is 0 Å². The van der Waals surface area contributed by atoms with Gasteiger partial charge in [-0.3, -0.25) is 9.59 Å². The van der Waals surface area contributed by atoms with Crippen LogP contribution in [0, 0.1) is 5.92 Å². The molecule has 1 aromatic heterocycles. The van der Waals surface area contributed by atoms with E-state index < -0.39 is 0 Å². The summed E-state index contributed by atoms with van der Waals surface area (Å²) in [4.78, 5) is 30.6. The number of hydrogen-bond donors (Lipinski definition) is 1. The number of hydrogen-bond acceptors (Lipinski definition) is 7. The van der Waals surface area contributed by atoms with Crippen LogP contribution in [0.5, 0.6) is 5.75 Å². The molecule has 0 aliphatic carbocycles. The van der Waals surface area contributed by atoms with E-state index in [2.05, 4.69) is 10.3 Å². The Morgan fingerprint density at radius 2 is 1.96 bits per heavy atom. The van der Waals surface area contributed by atoms with Gasteiger partial charge >= 0.3 is 5.97 Å². The second-order valence-electron chi connectivity index (χ2n) is 6.21. The Kier molecular flexibility index (Phi) is 6.28. The summed E-state index contributed by atoms with van der Waals surface area (Å²) in [5.74, 6) is 0.402. The molecule has 8 heteroatoms. The van der Waals surface area contributed by atoms with Gasteiger partial charge in [-0.1, -0.05) is 0 Å². The van der Waals surface area contributed by atoms with Crippen LogP contribution < -0.4 is 10.1 Å². The Labute approximate surface area is 162 Å². The fourth-order valence-electron chi connectivity index (χ4n) is 2.97. The zero-order valence-electron chi connectivity index (χ0n) is 15.4. The zero-order valence-corrected chi connectivity index (χ0v) is 16.3. The first-order chi connectivity index (χ1) is 13.1. The molecule has 1 aromatic carbocycles. The minimum atomic E-state index is -0.163. The smallest absolute Gasteiger partial charge is 0.309 e. The quantitative estimate of drug-likeness (QED) is 0.764. The first-order valence-electron chi connectivity index (χ1n) is 8.93. The monoisotopic (exact) mass is 389 g/mol. The number of amides is 1. The third-order valence-electron chi connectivity index (χ3n) is 4.47. The van der Waals surface area contributed by atoms with Gasteiger partial charge in [-0.15, -0.1) is 11.3 Å². The first-order valence-corrected chi connectivity index (χ1v) is 9.81. The molecule has 1 fully saturated rings. The van der Waals surface area contributed by atoms with Crippen molar-refractivity contribution in [1.82, 2.24) is 9.88 Å². The molecule has 0 unspecified atom stereocenters. The molecule has 1 saturated heterocycles. The number of methoxy groups -OCH3 is 1. The predicted molar refractivity (Wildman–Crippen MR) is 104 cm³/mol. The Morgan fingerprint density at radius 1 is 1.26 bits per heavy atom. The van der Waals surface area contributed by atoms with Gasteiger partial charge in [0.1, 0.15) is 11.4 Å². The maximum absolute atomic E-state index is 12.7. The molecule has 0 spiro atoms. The van der Waals surface area contributed by atoms with E-state index in [0.717, 1.165) is 11.4 Å². The van der Waals surface area contributed by atoms with Crippen LogP contribution in [0.1, 0.15) is 30.3 Å². The van der Waals surface area contributed by atoms with Gasteiger partial charge in [-0.25, -0.2) is 4.98 Å². The fourth-order valence-corrected chi connectivity index (χ4v) is 3.67. The van der Waals surface area contributed by atoms with Gasteiger partial charge in [0.05, 0.1) is 19.6 Å². The molecule has 0 saturated carbocycles. The lowest BCUT2D eigenvalue weighted by atomic mass is 9.97. The lowest BCUT2D eigenvalue weighted by molar-refractivity contribution is -0.149. The van der Waals surface area contributed by atoms with Crippen LogP contribution >= 0.6 is 11.3 Å². The molecule has 2 heterocycles. The van der Waals surface area contributed by atoms with E-state index in [1.165, 1.54) is 11.3 Å². The SMILES string of the molecule is CCOC(=O)C1CCN(C(=O)c2csc(Nc3ccc(OC)cc3)n2)CC1.